The second kappa shape index (κ2) is 9.68. The Balaban J connectivity index is 1.57. The summed E-state index contributed by atoms with van der Waals surface area (Å²) in [5.74, 6) is 0.707. The first-order valence-electron chi connectivity index (χ1n) is 10.7. The van der Waals surface area contributed by atoms with Crippen molar-refractivity contribution >= 4 is 23.3 Å². The number of likely N-dealkylation sites (tertiary alicyclic amines) is 1. The zero-order chi connectivity index (χ0) is 22.6. The van der Waals surface area contributed by atoms with E-state index >= 15 is 0 Å². The standard InChI is InChI=1S/C23H31N3O4S/c1-6-29-18-9-7-16(8-10-18)21-24-15(2)19(31-21)20(27)25-17-11-13-26(14-12-17)22(28)30-23(3,4)5/h7-10,17H,6,11-14H2,1-5H3,(H,25,27). The van der Waals surface area contributed by atoms with Crippen LogP contribution in [0.5, 0.6) is 5.75 Å². The number of rotatable bonds is 5. The van der Waals surface area contributed by atoms with Gasteiger partial charge < -0.3 is 19.7 Å². The summed E-state index contributed by atoms with van der Waals surface area (Å²) in [6.45, 7) is 11.1. The number of thiazole rings is 1. The Labute approximate surface area is 187 Å². The van der Waals surface area contributed by atoms with Crippen LogP contribution in [-0.4, -0.2) is 53.2 Å². The van der Waals surface area contributed by atoms with Crippen LogP contribution in [0.4, 0.5) is 4.79 Å². The smallest absolute Gasteiger partial charge is 0.410 e. The number of hydrogen-bond acceptors (Lipinski definition) is 6. The number of hydrogen-bond donors (Lipinski definition) is 1. The van der Waals surface area contributed by atoms with Gasteiger partial charge in [0.2, 0.25) is 0 Å². The average molecular weight is 446 g/mol. The molecule has 7 nitrogen and oxygen atoms in total. The monoisotopic (exact) mass is 445 g/mol. The third-order valence-electron chi connectivity index (χ3n) is 4.90. The summed E-state index contributed by atoms with van der Waals surface area (Å²) in [7, 11) is 0. The molecule has 0 radical (unpaired) electrons. The predicted molar refractivity (Wildman–Crippen MR) is 122 cm³/mol. The van der Waals surface area contributed by atoms with E-state index in [4.69, 9.17) is 9.47 Å². The van der Waals surface area contributed by atoms with Gasteiger partial charge >= 0.3 is 6.09 Å². The van der Waals surface area contributed by atoms with Gasteiger partial charge in [-0.2, -0.15) is 0 Å². The third-order valence-corrected chi connectivity index (χ3v) is 6.10. The van der Waals surface area contributed by atoms with Crippen molar-refractivity contribution in [2.45, 2.75) is 59.1 Å². The number of piperidine rings is 1. The molecule has 0 unspecified atom stereocenters. The number of ether oxygens (including phenoxy) is 2. The molecule has 0 aliphatic carbocycles. The van der Waals surface area contributed by atoms with Gasteiger partial charge in [-0.3, -0.25) is 4.79 Å². The molecule has 1 fully saturated rings. The summed E-state index contributed by atoms with van der Waals surface area (Å²) < 4.78 is 10.9. The fourth-order valence-electron chi connectivity index (χ4n) is 3.37. The highest BCUT2D eigenvalue weighted by molar-refractivity contribution is 7.17. The quantitative estimate of drug-likeness (QED) is 0.725. The van der Waals surface area contributed by atoms with E-state index in [9.17, 15) is 9.59 Å². The first-order valence-corrected chi connectivity index (χ1v) is 11.5. The minimum atomic E-state index is -0.507. The predicted octanol–water partition coefficient (Wildman–Crippen LogP) is 4.65. The lowest BCUT2D eigenvalue weighted by molar-refractivity contribution is 0.0200. The van der Waals surface area contributed by atoms with Crippen LogP contribution in [0.25, 0.3) is 10.6 Å². The molecule has 3 rings (SSSR count). The first-order chi connectivity index (χ1) is 14.7. The highest BCUT2D eigenvalue weighted by Crippen LogP contribution is 2.29. The Bertz CT molecular complexity index is 910. The summed E-state index contributed by atoms with van der Waals surface area (Å²) in [6.07, 6.45) is 1.11. The lowest BCUT2D eigenvalue weighted by Gasteiger charge is -2.33. The zero-order valence-electron chi connectivity index (χ0n) is 18.9. The Morgan fingerprint density at radius 3 is 2.42 bits per heavy atom. The minimum Gasteiger partial charge on any atom is -0.494 e. The summed E-state index contributed by atoms with van der Waals surface area (Å²) in [4.78, 5) is 32.0. The topological polar surface area (TPSA) is 80.8 Å². The second-order valence-corrected chi connectivity index (χ2v) is 9.61. The molecule has 0 atom stereocenters. The molecule has 1 aromatic carbocycles. The molecular formula is C23H31N3O4S. The maximum absolute atomic E-state index is 12.9. The Hall–Kier alpha value is -2.61. The number of nitrogens with one attached hydrogen (secondary N) is 1. The Kier molecular flexibility index (Phi) is 7.20. The SMILES string of the molecule is CCOc1ccc(-c2nc(C)c(C(=O)NC3CCN(C(=O)OC(C)(C)C)CC3)s2)cc1. The minimum absolute atomic E-state index is 0.0293. The van der Waals surface area contributed by atoms with Crippen LogP contribution in [-0.2, 0) is 4.74 Å². The van der Waals surface area contributed by atoms with Gasteiger partial charge in [-0.1, -0.05) is 0 Å². The van der Waals surface area contributed by atoms with Crippen molar-refractivity contribution in [2.75, 3.05) is 19.7 Å². The Morgan fingerprint density at radius 2 is 1.84 bits per heavy atom. The van der Waals surface area contributed by atoms with Gasteiger partial charge in [0.15, 0.2) is 0 Å². The summed E-state index contributed by atoms with van der Waals surface area (Å²) >= 11 is 1.39. The van der Waals surface area contributed by atoms with Crippen molar-refractivity contribution in [3.8, 4) is 16.3 Å². The molecule has 0 bridgehead atoms. The van der Waals surface area contributed by atoms with Gasteiger partial charge in [0.1, 0.15) is 21.2 Å². The normalized spacial score (nSPS) is 14.9. The molecule has 168 valence electrons. The number of nitrogens with zero attached hydrogens (tertiary/aromatic N) is 2. The number of benzene rings is 1. The number of aromatic nitrogens is 1. The van der Waals surface area contributed by atoms with E-state index < -0.39 is 5.60 Å². The van der Waals surface area contributed by atoms with E-state index in [-0.39, 0.29) is 18.0 Å². The molecule has 0 spiro atoms. The fraction of sp³-hybridized carbons (Fsp3) is 0.522. The van der Waals surface area contributed by atoms with Crippen LogP contribution in [0, 0.1) is 6.92 Å². The van der Waals surface area contributed by atoms with E-state index in [2.05, 4.69) is 10.3 Å². The van der Waals surface area contributed by atoms with E-state index in [1.807, 2.05) is 58.9 Å². The van der Waals surface area contributed by atoms with Crippen molar-refractivity contribution < 1.29 is 19.1 Å². The number of amides is 2. The van der Waals surface area contributed by atoms with Gasteiger partial charge in [-0.05, 0) is 71.7 Å². The molecule has 0 saturated carbocycles. The van der Waals surface area contributed by atoms with Crippen LogP contribution in [0.15, 0.2) is 24.3 Å². The maximum Gasteiger partial charge on any atom is 0.410 e. The summed E-state index contributed by atoms with van der Waals surface area (Å²) in [5, 5.41) is 3.92. The molecule has 2 amide bonds. The van der Waals surface area contributed by atoms with Gasteiger partial charge in [0.05, 0.1) is 12.3 Å². The maximum atomic E-state index is 12.9. The molecule has 31 heavy (non-hydrogen) atoms. The molecule has 1 saturated heterocycles. The van der Waals surface area contributed by atoms with Crippen LogP contribution in [0.1, 0.15) is 55.9 Å². The van der Waals surface area contributed by atoms with E-state index in [0.29, 0.717) is 37.4 Å². The fourth-order valence-corrected chi connectivity index (χ4v) is 4.35. The lowest BCUT2D eigenvalue weighted by Crippen LogP contribution is -2.47. The van der Waals surface area contributed by atoms with Crippen molar-refractivity contribution in [1.29, 1.82) is 0 Å². The van der Waals surface area contributed by atoms with E-state index in [1.165, 1.54) is 11.3 Å². The largest absolute Gasteiger partial charge is 0.494 e. The second-order valence-electron chi connectivity index (χ2n) is 8.61. The van der Waals surface area contributed by atoms with E-state index in [1.54, 1.807) is 4.90 Å². The van der Waals surface area contributed by atoms with Gasteiger partial charge in [-0.15, -0.1) is 11.3 Å². The highest BCUT2D eigenvalue weighted by atomic mass is 32.1. The Morgan fingerprint density at radius 1 is 1.19 bits per heavy atom. The number of carbonyl (C=O) groups excluding carboxylic acids is 2. The molecule has 1 aliphatic rings. The molecule has 2 heterocycles. The lowest BCUT2D eigenvalue weighted by atomic mass is 10.1. The molecule has 2 aromatic rings. The molecule has 8 heteroatoms. The van der Waals surface area contributed by atoms with Crippen molar-refractivity contribution in [3.63, 3.8) is 0 Å². The molecule has 1 N–H and O–H groups in total. The molecule has 1 aliphatic heterocycles. The summed E-state index contributed by atoms with van der Waals surface area (Å²) in [5.41, 5.74) is 1.17. The van der Waals surface area contributed by atoms with Crippen LogP contribution < -0.4 is 10.1 Å². The van der Waals surface area contributed by atoms with Gasteiger partial charge in [0, 0.05) is 24.7 Å². The van der Waals surface area contributed by atoms with E-state index in [0.717, 1.165) is 22.0 Å². The third kappa shape index (κ3) is 6.19. The summed E-state index contributed by atoms with van der Waals surface area (Å²) in [6, 6.07) is 7.76. The van der Waals surface area contributed by atoms with Crippen LogP contribution in [0.3, 0.4) is 0 Å². The highest BCUT2D eigenvalue weighted by Gasteiger charge is 2.28. The number of aryl methyl sites for hydroxylation is 1. The zero-order valence-corrected chi connectivity index (χ0v) is 19.7. The molecular weight excluding hydrogens is 414 g/mol. The average Bonchev–Trinajstić information content (AvgIpc) is 3.10. The van der Waals surface area contributed by atoms with Gasteiger partial charge in [-0.25, -0.2) is 9.78 Å². The number of carbonyl (C=O) groups is 2. The molecule has 1 aromatic heterocycles. The first kappa shape index (κ1) is 23.1. The van der Waals surface area contributed by atoms with Crippen molar-refractivity contribution in [1.82, 2.24) is 15.2 Å². The van der Waals surface area contributed by atoms with Crippen molar-refractivity contribution in [3.05, 3.63) is 34.8 Å². The van der Waals surface area contributed by atoms with Gasteiger partial charge in [0.25, 0.3) is 5.91 Å². The van der Waals surface area contributed by atoms with Crippen molar-refractivity contribution in [2.24, 2.45) is 0 Å². The van der Waals surface area contributed by atoms with Crippen LogP contribution in [0.2, 0.25) is 0 Å². The van der Waals surface area contributed by atoms with Crippen LogP contribution >= 0.6 is 11.3 Å².